The van der Waals surface area contributed by atoms with Gasteiger partial charge in [-0.2, -0.15) is 0 Å². The quantitative estimate of drug-likeness (QED) is 0.156. The smallest absolute Gasteiger partial charge is 0.0659 e. The van der Waals surface area contributed by atoms with Gasteiger partial charge in [-0.1, -0.05) is 0 Å². The third-order valence-corrected chi connectivity index (χ3v) is 9.91. The lowest BCUT2D eigenvalue weighted by Crippen LogP contribution is -1.80. The second-order valence-electron chi connectivity index (χ2n) is 14.5. The third-order valence-electron chi connectivity index (χ3n) is 9.91. The minimum atomic E-state index is 0.825. The molecule has 10 nitrogen and oxygen atoms in total. The predicted octanol–water partition coefficient (Wildman–Crippen LogP) is 10.7. The van der Waals surface area contributed by atoms with E-state index in [-0.39, 0.29) is 0 Å². The van der Waals surface area contributed by atoms with E-state index in [1.807, 2.05) is 182 Å². The highest BCUT2D eigenvalue weighted by Crippen LogP contribution is 2.22. The maximum absolute atomic E-state index is 4.81. The summed E-state index contributed by atoms with van der Waals surface area (Å²) in [5, 5.41) is 0. The van der Waals surface area contributed by atoms with Gasteiger partial charge in [-0.15, -0.1) is 0 Å². The minimum Gasteiger partial charge on any atom is -0.355 e. The van der Waals surface area contributed by atoms with E-state index >= 15 is 0 Å². The largest absolute Gasteiger partial charge is 0.355 e. The molecule has 3 aromatic rings. The highest BCUT2D eigenvalue weighted by Gasteiger charge is 2.08. The Morgan fingerprint density at radius 3 is 0.467 bits per heavy atom. The topological polar surface area (TPSA) is 135 Å². The number of H-pyrrole nitrogens is 2. The molecule has 0 spiro atoms. The molecule has 0 saturated carbocycles. The van der Waals surface area contributed by atoms with Crippen molar-refractivity contribution in [2.75, 3.05) is 0 Å². The summed E-state index contributed by atoms with van der Waals surface area (Å²) in [6, 6.07) is 28.1. The van der Waals surface area contributed by atoms with Crippen molar-refractivity contribution in [1.29, 1.82) is 0 Å². The first kappa shape index (κ1) is 34.7. The van der Waals surface area contributed by atoms with E-state index in [9.17, 15) is 0 Å². The molecule has 2 N–H and O–H groups in total. The summed E-state index contributed by atoms with van der Waals surface area (Å²) in [6.07, 6.45) is 31.9. The van der Waals surface area contributed by atoms with Gasteiger partial charge in [0.15, 0.2) is 0 Å². The summed E-state index contributed by atoms with van der Waals surface area (Å²) in [4.78, 5) is 45.2. The summed E-state index contributed by atoms with van der Waals surface area (Å²) in [5.41, 5.74) is 17.2. The number of hydrogen-bond acceptors (Lipinski definition) is 8. The first-order valence-electron chi connectivity index (χ1n) is 19.5. The van der Waals surface area contributed by atoms with E-state index in [1.54, 1.807) is 0 Å². The molecule has 20 bridgehead atoms. The predicted molar refractivity (Wildman–Crippen MR) is 245 cm³/mol. The van der Waals surface area contributed by atoms with Gasteiger partial charge in [0.1, 0.15) is 0 Å². The van der Waals surface area contributed by atoms with E-state index in [1.165, 1.54) is 0 Å². The molecule has 3 aromatic heterocycles. The van der Waals surface area contributed by atoms with Crippen LogP contribution in [-0.4, -0.2) is 49.8 Å². The zero-order chi connectivity index (χ0) is 39.8. The molecule has 0 aromatic carbocycles. The number of fused-ring (bicyclic) bond motifs is 20. The van der Waals surface area contributed by atoms with Crippen molar-refractivity contribution in [3.63, 3.8) is 0 Å². The lowest BCUT2D eigenvalue weighted by atomic mass is 10.3. The number of nitrogens with zero attached hydrogens (tertiary/aromatic N) is 8. The van der Waals surface area contributed by atoms with Crippen LogP contribution in [0, 0.1) is 0 Å². The zero-order valence-corrected chi connectivity index (χ0v) is 31.9. The van der Waals surface area contributed by atoms with Gasteiger partial charge < -0.3 is 9.97 Å². The Hall–Kier alpha value is -8.50. The molecule has 8 aliphatic heterocycles. The average Bonchev–Trinajstić information content (AvgIpc) is 4.06. The van der Waals surface area contributed by atoms with Gasteiger partial charge >= 0.3 is 0 Å². The molecule has 0 radical (unpaired) electrons. The summed E-state index contributed by atoms with van der Waals surface area (Å²) >= 11 is 0. The number of aromatic nitrogens is 10. The molecule has 10 heteroatoms. The number of rotatable bonds is 0. The molecule has 0 amide bonds. The standard InChI is InChI=1S/C50H32N10/c1-2-32-22-34-5-6-36(53-34)24-38-9-10-40(55-38)26-42-13-14-44(57-42)28-46-17-18-48(59-46)30-50-20-19-49(60-50)29-47-16-15-45(58-47)27-43-12-11-41(56-43)25-39-8-7-37(54-39)23-35-4-3-33(52-35)21-31(1)51-32/h1-30,51,54H. The first-order chi connectivity index (χ1) is 29.5. The van der Waals surface area contributed by atoms with Crippen LogP contribution in [0.2, 0.25) is 0 Å². The van der Waals surface area contributed by atoms with E-state index in [2.05, 4.69) is 9.97 Å². The number of hydrogen-bond donors (Lipinski definition) is 2. The van der Waals surface area contributed by atoms with Gasteiger partial charge in [-0.05, 0) is 182 Å². The summed E-state index contributed by atoms with van der Waals surface area (Å²) in [6.45, 7) is 0. The van der Waals surface area contributed by atoms with Crippen LogP contribution in [0.3, 0.4) is 0 Å². The van der Waals surface area contributed by atoms with Crippen molar-refractivity contribution in [3.8, 4) is 0 Å². The first-order valence-corrected chi connectivity index (χ1v) is 19.5. The molecule has 60 heavy (non-hydrogen) atoms. The van der Waals surface area contributed by atoms with Gasteiger partial charge in [0.25, 0.3) is 0 Å². The molecular formula is C50H32N10. The molecular weight excluding hydrogens is 741 g/mol. The Labute approximate surface area is 344 Å². The average molecular weight is 773 g/mol. The Kier molecular flexibility index (Phi) is 8.55. The SMILES string of the molecule is C1=Cc2cc3nc(cc4nc(cc5nc(cc6ccc(cc7nc(cc8ccc(cc9nc(cc%10nc(cc%11nc(cc1n2)C=C%11)C=C%10)C=C9)[nH]8)C=C7)[nH]6)C=C5)C=C4)C=C3. The zero-order valence-electron chi connectivity index (χ0n) is 31.9. The van der Waals surface area contributed by atoms with Gasteiger partial charge in [-0.3, -0.25) is 0 Å². The normalized spacial score (nSPS) is 13.5. The lowest BCUT2D eigenvalue weighted by molar-refractivity contribution is 1.24. The Morgan fingerprint density at radius 1 is 0.183 bits per heavy atom. The van der Waals surface area contributed by atoms with Crippen molar-refractivity contribution in [2.45, 2.75) is 0 Å². The monoisotopic (exact) mass is 772 g/mol. The van der Waals surface area contributed by atoms with Crippen molar-refractivity contribution in [2.24, 2.45) is 0 Å². The van der Waals surface area contributed by atoms with Crippen molar-refractivity contribution >= 4 is 119 Å². The highest BCUT2D eigenvalue weighted by atomic mass is 14.8. The molecule has 282 valence electrons. The van der Waals surface area contributed by atoms with Gasteiger partial charge in [0.05, 0.1) is 91.1 Å². The van der Waals surface area contributed by atoms with E-state index < -0.39 is 0 Å². The van der Waals surface area contributed by atoms with Crippen LogP contribution in [0.4, 0.5) is 0 Å². The fraction of sp³-hybridized carbons (Fsp3) is 0. The second-order valence-corrected chi connectivity index (χ2v) is 14.5. The highest BCUT2D eigenvalue weighted by molar-refractivity contribution is 5.81. The lowest BCUT2D eigenvalue weighted by Gasteiger charge is -1.86. The van der Waals surface area contributed by atoms with Crippen molar-refractivity contribution < 1.29 is 0 Å². The number of nitrogens with one attached hydrogen (secondary N) is 2. The van der Waals surface area contributed by atoms with Gasteiger partial charge in [0, 0.05) is 22.1 Å². The molecule has 0 unspecified atom stereocenters. The van der Waals surface area contributed by atoms with Crippen molar-refractivity contribution in [1.82, 2.24) is 49.8 Å². The molecule has 11 rings (SSSR count). The molecule has 0 aliphatic carbocycles. The maximum atomic E-state index is 4.81. The second kappa shape index (κ2) is 14.8. The maximum Gasteiger partial charge on any atom is 0.0659 e. The minimum absolute atomic E-state index is 0.825. The van der Waals surface area contributed by atoms with Crippen LogP contribution >= 0.6 is 0 Å². The Balaban J connectivity index is 0.974. The Bertz CT molecular complexity index is 3120. The van der Waals surface area contributed by atoms with Crippen LogP contribution in [-0.2, 0) is 0 Å². The fourth-order valence-electron chi connectivity index (χ4n) is 7.18. The molecule has 0 fully saturated rings. The molecule has 8 aliphatic rings. The van der Waals surface area contributed by atoms with Gasteiger partial charge in [-0.25, -0.2) is 39.9 Å². The van der Waals surface area contributed by atoms with E-state index in [0.717, 1.165) is 113 Å². The van der Waals surface area contributed by atoms with Gasteiger partial charge in [0.2, 0.25) is 0 Å². The van der Waals surface area contributed by atoms with Crippen LogP contribution in [0.1, 0.15) is 91.1 Å². The van der Waals surface area contributed by atoms with E-state index in [4.69, 9.17) is 39.9 Å². The Morgan fingerprint density at radius 2 is 0.317 bits per heavy atom. The van der Waals surface area contributed by atoms with Crippen molar-refractivity contribution in [3.05, 3.63) is 176 Å². The van der Waals surface area contributed by atoms with Crippen LogP contribution in [0.15, 0.2) is 84.9 Å². The summed E-state index contributed by atoms with van der Waals surface area (Å²) in [5.74, 6) is 0. The third kappa shape index (κ3) is 7.89. The van der Waals surface area contributed by atoms with Crippen LogP contribution in [0.5, 0.6) is 0 Å². The van der Waals surface area contributed by atoms with E-state index in [0.29, 0.717) is 0 Å². The van der Waals surface area contributed by atoms with Crippen LogP contribution < -0.4 is 0 Å². The molecule has 11 heterocycles. The fourth-order valence-corrected chi connectivity index (χ4v) is 7.18. The van der Waals surface area contributed by atoms with Crippen LogP contribution in [0.25, 0.3) is 119 Å². The summed E-state index contributed by atoms with van der Waals surface area (Å²) in [7, 11) is 0. The number of aromatic amines is 2. The molecule has 0 saturated heterocycles. The summed E-state index contributed by atoms with van der Waals surface area (Å²) < 4.78 is 0. The molecule has 0 atom stereocenters.